The molecule has 1 aromatic carbocycles. The molecule has 7 nitrogen and oxygen atoms in total. The fourth-order valence-corrected chi connectivity index (χ4v) is 4.21. The molecule has 0 aliphatic carbocycles. The van der Waals surface area contributed by atoms with Crippen molar-refractivity contribution in [3.8, 4) is 5.75 Å². The summed E-state index contributed by atoms with van der Waals surface area (Å²) in [6, 6.07) is 4.64. The number of ether oxygens (including phenoxy) is 2. The minimum atomic E-state index is -0.610. The first-order chi connectivity index (χ1) is 14.8. The fraction of sp³-hybridized carbons (Fsp3) is 0.381. The molecule has 2 rings (SSSR count). The van der Waals surface area contributed by atoms with Crippen molar-refractivity contribution in [2.75, 3.05) is 25.1 Å². The average molecular weight is 487 g/mol. The third-order valence-corrected chi connectivity index (χ3v) is 5.89. The van der Waals surface area contributed by atoms with Gasteiger partial charge in [0.05, 0.1) is 22.1 Å². The number of carbonyl (C=O) groups excluding carboxylic acids is 3. The van der Waals surface area contributed by atoms with Crippen LogP contribution in [-0.2, 0) is 9.53 Å². The van der Waals surface area contributed by atoms with Gasteiger partial charge in [0, 0.05) is 11.6 Å². The molecule has 31 heavy (non-hydrogen) atoms. The lowest BCUT2D eigenvalue weighted by Crippen LogP contribution is -2.24. The first kappa shape index (κ1) is 25.0. The van der Waals surface area contributed by atoms with Crippen molar-refractivity contribution < 1.29 is 23.9 Å². The molecule has 0 unspecified atom stereocenters. The highest BCUT2D eigenvalue weighted by molar-refractivity contribution is 7.18. The zero-order valence-corrected chi connectivity index (χ0v) is 19.8. The van der Waals surface area contributed by atoms with Crippen LogP contribution in [0.25, 0.3) is 0 Å². The second kappa shape index (κ2) is 11.9. The van der Waals surface area contributed by atoms with Crippen molar-refractivity contribution >= 4 is 57.3 Å². The Morgan fingerprint density at radius 1 is 1.16 bits per heavy atom. The number of nitrogens with one attached hydrogen (secondary N) is 2. The molecular formula is C21H24Cl2N2O5S. The van der Waals surface area contributed by atoms with E-state index in [9.17, 15) is 14.4 Å². The molecule has 0 radical (unpaired) electrons. The lowest BCUT2D eigenvalue weighted by atomic mass is 10.1. The smallest absolute Gasteiger partial charge is 0.341 e. The zero-order valence-electron chi connectivity index (χ0n) is 17.5. The molecule has 0 saturated heterocycles. The molecule has 0 saturated carbocycles. The highest BCUT2D eigenvalue weighted by atomic mass is 35.5. The van der Waals surface area contributed by atoms with E-state index in [-0.39, 0.29) is 34.7 Å². The Balaban J connectivity index is 2.18. The standard InChI is InChI=1S/C21H24Cl2N2O5S/c1-4-6-9-24-19(27)18-12(3)17(21(28)29-5-2)20(31-18)25-16(26)11-30-15-8-7-13(22)10-14(15)23/h7-8,10H,4-6,9,11H2,1-3H3,(H,24,27)(H,25,26). The molecule has 0 fully saturated rings. The molecule has 10 heteroatoms. The largest absolute Gasteiger partial charge is 0.482 e. The maximum absolute atomic E-state index is 12.5. The van der Waals surface area contributed by atoms with E-state index in [1.807, 2.05) is 6.92 Å². The second-order valence-corrected chi connectivity index (χ2v) is 8.37. The van der Waals surface area contributed by atoms with Gasteiger partial charge in [0.2, 0.25) is 0 Å². The van der Waals surface area contributed by atoms with Gasteiger partial charge in [0.1, 0.15) is 10.8 Å². The Labute approximate surface area is 195 Å². The zero-order chi connectivity index (χ0) is 23.0. The molecular weight excluding hydrogens is 463 g/mol. The van der Waals surface area contributed by atoms with Crippen LogP contribution in [0.1, 0.15) is 52.3 Å². The van der Waals surface area contributed by atoms with Crippen molar-refractivity contribution in [1.82, 2.24) is 5.32 Å². The van der Waals surface area contributed by atoms with Crippen LogP contribution in [-0.4, -0.2) is 37.5 Å². The Morgan fingerprint density at radius 2 is 1.90 bits per heavy atom. The van der Waals surface area contributed by atoms with Crippen molar-refractivity contribution in [1.29, 1.82) is 0 Å². The van der Waals surface area contributed by atoms with Crippen LogP contribution in [0.4, 0.5) is 5.00 Å². The summed E-state index contributed by atoms with van der Waals surface area (Å²) in [5, 5.41) is 6.40. The second-order valence-electron chi connectivity index (χ2n) is 6.50. The van der Waals surface area contributed by atoms with Crippen molar-refractivity contribution in [2.45, 2.75) is 33.6 Å². The molecule has 168 valence electrons. The van der Waals surface area contributed by atoms with Gasteiger partial charge in [-0.25, -0.2) is 4.79 Å². The Morgan fingerprint density at radius 3 is 2.55 bits per heavy atom. The van der Waals surface area contributed by atoms with E-state index >= 15 is 0 Å². The van der Waals surface area contributed by atoms with E-state index in [1.54, 1.807) is 26.0 Å². The quantitative estimate of drug-likeness (QED) is 0.360. The van der Waals surface area contributed by atoms with Gasteiger partial charge in [-0.15, -0.1) is 11.3 Å². The van der Waals surface area contributed by atoms with Crippen molar-refractivity contribution in [3.63, 3.8) is 0 Å². The van der Waals surface area contributed by atoms with Crippen LogP contribution in [0.3, 0.4) is 0 Å². The van der Waals surface area contributed by atoms with Gasteiger partial charge < -0.3 is 20.1 Å². The summed E-state index contributed by atoms with van der Waals surface area (Å²) in [5.41, 5.74) is 0.611. The number of hydrogen-bond donors (Lipinski definition) is 2. The van der Waals surface area contributed by atoms with Gasteiger partial charge in [-0.3, -0.25) is 9.59 Å². The lowest BCUT2D eigenvalue weighted by molar-refractivity contribution is -0.118. The van der Waals surface area contributed by atoms with Gasteiger partial charge in [0.25, 0.3) is 11.8 Å². The number of amides is 2. The molecule has 0 aliphatic rings. The number of unbranched alkanes of at least 4 members (excludes halogenated alkanes) is 1. The van der Waals surface area contributed by atoms with E-state index in [4.69, 9.17) is 32.7 Å². The highest BCUT2D eigenvalue weighted by Gasteiger charge is 2.26. The topological polar surface area (TPSA) is 93.7 Å². The minimum absolute atomic E-state index is 0.158. The number of esters is 1. The molecule has 1 heterocycles. The number of rotatable bonds is 10. The summed E-state index contributed by atoms with van der Waals surface area (Å²) in [5.74, 6) is -1.13. The highest BCUT2D eigenvalue weighted by Crippen LogP contribution is 2.34. The number of anilines is 1. The van der Waals surface area contributed by atoms with Crippen LogP contribution in [0.15, 0.2) is 18.2 Å². The van der Waals surface area contributed by atoms with Crippen molar-refractivity contribution in [3.05, 3.63) is 44.2 Å². The van der Waals surface area contributed by atoms with Crippen LogP contribution in [0.5, 0.6) is 5.75 Å². The third kappa shape index (κ3) is 6.85. The Bertz CT molecular complexity index is 961. The predicted octanol–water partition coefficient (Wildman–Crippen LogP) is 5.09. The molecule has 0 atom stereocenters. The maximum atomic E-state index is 12.5. The van der Waals surface area contributed by atoms with Gasteiger partial charge in [0.15, 0.2) is 6.61 Å². The summed E-state index contributed by atoms with van der Waals surface area (Å²) in [6.07, 6.45) is 1.78. The molecule has 2 amide bonds. The van der Waals surface area contributed by atoms with Crippen LogP contribution >= 0.6 is 34.5 Å². The molecule has 1 aromatic heterocycles. The maximum Gasteiger partial charge on any atom is 0.341 e. The Hall–Kier alpha value is -2.29. The summed E-state index contributed by atoms with van der Waals surface area (Å²) < 4.78 is 10.5. The van der Waals surface area contributed by atoms with Gasteiger partial charge in [-0.2, -0.15) is 0 Å². The predicted molar refractivity (Wildman–Crippen MR) is 123 cm³/mol. The van der Waals surface area contributed by atoms with Crippen molar-refractivity contribution in [2.24, 2.45) is 0 Å². The van der Waals surface area contributed by atoms with Crippen LogP contribution in [0.2, 0.25) is 10.0 Å². The first-order valence-electron chi connectivity index (χ1n) is 9.74. The number of thiophene rings is 1. The average Bonchev–Trinajstić information content (AvgIpc) is 3.03. The number of hydrogen-bond acceptors (Lipinski definition) is 6. The van der Waals surface area contributed by atoms with E-state index in [0.29, 0.717) is 27.8 Å². The van der Waals surface area contributed by atoms with Crippen LogP contribution < -0.4 is 15.4 Å². The normalized spacial score (nSPS) is 10.5. The Kier molecular flexibility index (Phi) is 9.61. The number of carbonyl (C=O) groups is 3. The summed E-state index contributed by atoms with van der Waals surface area (Å²) in [6.45, 7) is 5.69. The summed E-state index contributed by atoms with van der Waals surface area (Å²) >= 11 is 12.9. The monoisotopic (exact) mass is 486 g/mol. The molecule has 2 aromatic rings. The van der Waals surface area contributed by atoms with E-state index in [2.05, 4.69) is 10.6 Å². The van der Waals surface area contributed by atoms with E-state index < -0.39 is 11.9 Å². The summed E-state index contributed by atoms with van der Waals surface area (Å²) in [7, 11) is 0. The molecule has 0 aliphatic heterocycles. The van der Waals surface area contributed by atoms with Crippen LogP contribution in [0, 0.1) is 6.92 Å². The lowest BCUT2D eigenvalue weighted by Gasteiger charge is -2.09. The molecule has 0 spiro atoms. The number of benzene rings is 1. The first-order valence-corrected chi connectivity index (χ1v) is 11.3. The summed E-state index contributed by atoms with van der Waals surface area (Å²) in [4.78, 5) is 37.8. The van der Waals surface area contributed by atoms with Gasteiger partial charge >= 0.3 is 5.97 Å². The number of halogens is 2. The SMILES string of the molecule is CCCCNC(=O)c1sc(NC(=O)COc2ccc(Cl)cc2Cl)c(C(=O)OCC)c1C. The molecule has 0 bridgehead atoms. The van der Waals surface area contributed by atoms with E-state index in [1.165, 1.54) is 6.07 Å². The van der Waals surface area contributed by atoms with Gasteiger partial charge in [-0.05, 0) is 44.0 Å². The fourth-order valence-electron chi connectivity index (χ4n) is 2.62. The third-order valence-electron chi connectivity index (χ3n) is 4.15. The van der Waals surface area contributed by atoms with Gasteiger partial charge in [-0.1, -0.05) is 36.5 Å². The van der Waals surface area contributed by atoms with E-state index in [0.717, 1.165) is 24.2 Å². The molecule has 2 N–H and O–H groups in total. The minimum Gasteiger partial charge on any atom is -0.482 e.